The molecule has 0 fully saturated rings. The Balaban J connectivity index is 2.24. The van der Waals surface area contributed by atoms with Gasteiger partial charge in [-0.15, -0.1) is 0 Å². The van der Waals surface area contributed by atoms with E-state index in [1.54, 1.807) is 0 Å². The zero-order chi connectivity index (χ0) is 26.3. The lowest BCUT2D eigenvalue weighted by molar-refractivity contribution is -0.123. The second-order valence-electron chi connectivity index (χ2n) is 8.85. The minimum absolute atomic E-state index is 0.00196. The number of esters is 2. The highest BCUT2D eigenvalue weighted by atomic mass is 16.6. The molecule has 0 radical (unpaired) electrons. The van der Waals surface area contributed by atoms with Crippen molar-refractivity contribution in [2.45, 2.75) is 64.9 Å². The van der Waals surface area contributed by atoms with Crippen molar-refractivity contribution < 1.29 is 38.1 Å². The van der Waals surface area contributed by atoms with Crippen LogP contribution in [0, 0.1) is 0 Å². The van der Waals surface area contributed by atoms with Crippen molar-refractivity contribution >= 4 is 23.9 Å². The Labute approximate surface area is 207 Å². The highest BCUT2D eigenvalue weighted by Gasteiger charge is 2.23. The molecule has 2 amide bonds. The van der Waals surface area contributed by atoms with Crippen LogP contribution in [-0.2, 0) is 19.0 Å². The number of hydrogen-bond acceptors (Lipinski definition) is 8. The zero-order valence-corrected chi connectivity index (χ0v) is 21.4. The van der Waals surface area contributed by atoms with Gasteiger partial charge in [-0.05, 0) is 45.7 Å². The van der Waals surface area contributed by atoms with E-state index in [4.69, 9.17) is 14.2 Å². The van der Waals surface area contributed by atoms with Gasteiger partial charge in [0.25, 0.3) is 5.91 Å². The smallest absolute Gasteiger partial charge is 0.407 e. The van der Waals surface area contributed by atoms with E-state index < -0.39 is 23.6 Å². The average Bonchev–Trinajstić information content (AvgIpc) is 2.81. The van der Waals surface area contributed by atoms with E-state index in [-0.39, 0.29) is 29.4 Å². The number of hydrogen-bond donors (Lipinski definition) is 2. The average molecular weight is 495 g/mol. The number of carbonyl (C=O) groups is 4. The molecule has 0 spiro atoms. The molecule has 0 aliphatic carbocycles. The lowest BCUT2D eigenvalue weighted by Crippen LogP contribution is -2.32. The van der Waals surface area contributed by atoms with E-state index in [9.17, 15) is 19.2 Å². The molecule has 0 atom stereocenters. The molecule has 1 aromatic rings. The molecule has 196 valence electrons. The van der Waals surface area contributed by atoms with Crippen LogP contribution in [0.25, 0.3) is 0 Å². The predicted octanol–water partition coefficient (Wildman–Crippen LogP) is 3.62. The summed E-state index contributed by atoms with van der Waals surface area (Å²) in [4.78, 5) is 47.7. The topological polar surface area (TPSA) is 129 Å². The van der Waals surface area contributed by atoms with Gasteiger partial charge >= 0.3 is 18.0 Å². The summed E-state index contributed by atoms with van der Waals surface area (Å²) >= 11 is 0. The Bertz CT molecular complexity index is 848. The highest BCUT2D eigenvalue weighted by Crippen LogP contribution is 2.24. The van der Waals surface area contributed by atoms with Crippen molar-refractivity contribution in [3.05, 3.63) is 29.3 Å². The normalized spacial score (nSPS) is 10.8. The quantitative estimate of drug-likeness (QED) is 0.228. The summed E-state index contributed by atoms with van der Waals surface area (Å²) in [6, 6.07) is 4.43. The number of benzene rings is 1. The number of ether oxygens (including phenoxy) is 4. The van der Waals surface area contributed by atoms with E-state index in [0.717, 1.165) is 38.5 Å². The molecular weight excluding hydrogens is 456 g/mol. The highest BCUT2D eigenvalue weighted by molar-refractivity contribution is 6.05. The summed E-state index contributed by atoms with van der Waals surface area (Å²) in [5.74, 6) is -1.74. The number of rotatable bonds is 14. The summed E-state index contributed by atoms with van der Waals surface area (Å²) < 4.78 is 20.1. The van der Waals surface area contributed by atoms with E-state index in [2.05, 4.69) is 15.4 Å². The van der Waals surface area contributed by atoms with Gasteiger partial charge in [0.15, 0.2) is 6.61 Å². The van der Waals surface area contributed by atoms with E-state index in [1.165, 1.54) is 32.4 Å². The number of unbranched alkanes of at least 4 members (excludes halogenated alkanes) is 5. The van der Waals surface area contributed by atoms with Crippen molar-refractivity contribution in [2.75, 3.05) is 33.9 Å². The minimum Gasteiger partial charge on any atom is -0.483 e. The van der Waals surface area contributed by atoms with Crippen molar-refractivity contribution in [2.24, 2.45) is 0 Å². The fourth-order valence-electron chi connectivity index (χ4n) is 3.13. The van der Waals surface area contributed by atoms with E-state index in [0.29, 0.717) is 13.1 Å². The summed E-state index contributed by atoms with van der Waals surface area (Å²) in [5, 5.41) is 5.52. The molecule has 35 heavy (non-hydrogen) atoms. The molecule has 0 bridgehead atoms. The SMILES string of the molecule is COC(=O)c1cccc(OCC(=O)NCCCCCCCCNC(=O)OC(C)(C)C)c1C(=O)OC. The van der Waals surface area contributed by atoms with E-state index in [1.807, 2.05) is 20.8 Å². The van der Waals surface area contributed by atoms with Gasteiger partial charge in [0.05, 0.1) is 19.8 Å². The third-order valence-corrected chi connectivity index (χ3v) is 4.77. The molecule has 10 heteroatoms. The van der Waals surface area contributed by atoms with Gasteiger partial charge in [-0.2, -0.15) is 0 Å². The Hall–Kier alpha value is -3.30. The largest absolute Gasteiger partial charge is 0.483 e. The van der Waals surface area contributed by atoms with Gasteiger partial charge < -0.3 is 29.6 Å². The van der Waals surface area contributed by atoms with Crippen LogP contribution in [0.2, 0.25) is 0 Å². The fourth-order valence-corrected chi connectivity index (χ4v) is 3.13. The van der Waals surface area contributed by atoms with Crippen molar-refractivity contribution in [3.8, 4) is 5.75 Å². The lowest BCUT2D eigenvalue weighted by Gasteiger charge is -2.19. The lowest BCUT2D eigenvalue weighted by atomic mass is 10.1. The summed E-state index contributed by atoms with van der Waals surface area (Å²) in [7, 11) is 2.39. The molecule has 0 aromatic heterocycles. The van der Waals surface area contributed by atoms with Crippen LogP contribution in [-0.4, -0.2) is 63.5 Å². The molecule has 0 unspecified atom stereocenters. The monoisotopic (exact) mass is 494 g/mol. The number of carbonyl (C=O) groups excluding carboxylic acids is 4. The first-order chi connectivity index (χ1) is 16.6. The summed E-state index contributed by atoms with van der Waals surface area (Å²) in [6.07, 6.45) is 5.36. The minimum atomic E-state index is -0.762. The zero-order valence-electron chi connectivity index (χ0n) is 21.4. The van der Waals surface area contributed by atoms with Gasteiger partial charge in [0.1, 0.15) is 16.9 Å². The molecule has 10 nitrogen and oxygen atoms in total. The number of alkyl carbamates (subject to hydrolysis) is 1. The van der Waals surface area contributed by atoms with Gasteiger partial charge in [-0.1, -0.05) is 31.7 Å². The maximum atomic E-state index is 12.1. The molecular formula is C25H38N2O8. The van der Waals surface area contributed by atoms with Crippen LogP contribution < -0.4 is 15.4 Å². The third kappa shape index (κ3) is 12.1. The van der Waals surface area contributed by atoms with Crippen LogP contribution >= 0.6 is 0 Å². The predicted molar refractivity (Wildman–Crippen MR) is 130 cm³/mol. The Morgan fingerprint density at radius 2 is 1.37 bits per heavy atom. The molecule has 0 saturated heterocycles. The maximum Gasteiger partial charge on any atom is 0.407 e. The Morgan fingerprint density at radius 3 is 1.94 bits per heavy atom. The van der Waals surface area contributed by atoms with Crippen LogP contribution in [0.4, 0.5) is 4.79 Å². The van der Waals surface area contributed by atoms with Crippen LogP contribution in [0.1, 0.15) is 80.0 Å². The number of methoxy groups -OCH3 is 2. The maximum absolute atomic E-state index is 12.1. The van der Waals surface area contributed by atoms with Gasteiger partial charge in [-0.3, -0.25) is 4.79 Å². The van der Waals surface area contributed by atoms with Gasteiger partial charge in [0, 0.05) is 13.1 Å². The Morgan fingerprint density at radius 1 is 0.800 bits per heavy atom. The summed E-state index contributed by atoms with van der Waals surface area (Å²) in [5.41, 5.74) is -0.582. The molecule has 0 aliphatic rings. The molecule has 2 N–H and O–H groups in total. The Kier molecular flexibility index (Phi) is 13.2. The first-order valence-electron chi connectivity index (χ1n) is 11.7. The molecule has 0 heterocycles. The first kappa shape index (κ1) is 29.7. The van der Waals surface area contributed by atoms with Gasteiger partial charge in [-0.25, -0.2) is 14.4 Å². The first-order valence-corrected chi connectivity index (χ1v) is 11.7. The second kappa shape index (κ2) is 15.6. The fraction of sp³-hybridized carbons (Fsp3) is 0.600. The molecule has 1 aromatic carbocycles. The summed E-state index contributed by atoms with van der Waals surface area (Å²) in [6.45, 7) is 6.27. The van der Waals surface area contributed by atoms with Crippen LogP contribution in [0.3, 0.4) is 0 Å². The number of amides is 2. The van der Waals surface area contributed by atoms with Crippen molar-refractivity contribution in [3.63, 3.8) is 0 Å². The van der Waals surface area contributed by atoms with Crippen molar-refractivity contribution in [1.29, 1.82) is 0 Å². The standard InChI is InChI=1S/C25H38N2O8/c1-25(2,3)35-24(31)27-16-11-9-7-6-8-10-15-26-20(28)17-34-19-14-12-13-18(22(29)32-4)21(19)23(30)33-5/h12-14H,6-11,15-17H2,1-5H3,(H,26,28)(H,27,31). The van der Waals surface area contributed by atoms with Crippen LogP contribution in [0.15, 0.2) is 18.2 Å². The molecule has 0 saturated carbocycles. The van der Waals surface area contributed by atoms with E-state index >= 15 is 0 Å². The number of nitrogens with one attached hydrogen (secondary N) is 2. The third-order valence-electron chi connectivity index (χ3n) is 4.77. The molecule has 1 rings (SSSR count). The van der Waals surface area contributed by atoms with Crippen LogP contribution in [0.5, 0.6) is 5.75 Å². The second-order valence-corrected chi connectivity index (χ2v) is 8.85. The van der Waals surface area contributed by atoms with Crippen molar-refractivity contribution in [1.82, 2.24) is 10.6 Å². The molecule has 0 aliphatic heterocycles. The van der Waals surface area contributed by atoms with Gasteiger partial charge in [0.2, 0.25) is 0 Å².